The van der Waals surface area contributed by atoms with Crippen LogP contribution in [0.2, 0.25) is 0 Å². The summed E-state index contributed by atoms with van der Waals surface area (Å²) < 4.78 is 33.9. The number of carbonyl (C=O) groups is 2. The first-order valence-electron chi connectivity index (χ1n) is 11.6. The highest BCUT2D eigenvalue weighted by Crippen LogP contribution is 2.15. The normalized spacial score (nSPS) is 12.5. The molecule has 196 valence electrons. The van der Waals surface area contributed by atoms with Gasteiger partial charge in [-0.05, 0) is 82.1 Å². The van der Waals surface area contributed by atoms with Crippen LogP contribution in [0.25, 0.3) is 0 Å². The lowest BCUT2D eigenvalue weighted by Crippen LogP contribution is -2.49. The summed E-state index contributed by atoms with van der Waals surface area (Å²) in [6, 6.07) is 16.8. The molecule has 37 heavy (non-hydrogen) atoms. The fourth-order valence-corrected chi connectivity index (χ4v) is 4.37. The molecular formula is C27H28F2IN3O4. The van der Waals surface area contributed by atoms with E-state index in [0.717, 1.165) is 15.2 Å². The van der Waals surface area contributed by atoms with E-state index < -0.39 is 35.6 Å². The molecule has 7 nitrogen and oxygen atoms in total. The van der Waals surface area contributed by atoms with Crippen LogP contribution in [0.5, 0.6) is 5.75 Å². The predicted octanol–water partition coefficient (Wildman–Crippen LogP) is 2.85. The molecule has 0 unspecified atom stereocenters. The van der Waals surface area contributed by atoms with Gasteiger partial charge in [-0.3, -0.25) is 9.59 Å². The summed E-state index contributed by atoms with van der Waals surface area (Å²) >= 11 is 2.22. The zero-order valence-electron chi connectivity index (χ0n) is 19.9. The SMILES string of the molecule is NC(=O)COc1cccc(CC(=O)N[C@@H](Cc2cc(F)cc(F)c2)[C@@H](O)CNCc2cccc(I)c2)c1. The van der Waals surface area contributed by atoms with Gasteiger partial charge in [0.15, 0.2) is 6.61 Å². The van der Waals surface area contributed by atoms with Crippen LogP contribution in [-0.2, 0) is 29.0 Å². The maximum Gasteiger partial charge on any atom is 0.255 e. The van der Waals surface area contributed by atoms with Crippen LogP contribution in [0.15, 0.2) is 66.7 Å². The fourth-order valence-electron chi connectivity index (χ4n) is 3.76. The Kier molecular flexibility index (Phi) is 10.8. The Bertz CT molecular complexity index is 1210. The first-order chi connectivity index (χ1) is 17.7. The largest absolute Gasteiger partial charge is 0.484 e. The van der Waals surface area contributed by atoms with Crippen molar-refractivity contribution in [1.29, 1.82) is 0 Å². The maximum absolute atomic E-state index is 13.8. The van der Waals surface area contributed by atoms with E-state index in [1.165, 1.54) is 12.1 Å². The first-order valence-corrected chi connectivity index (χ1v) is 12.6. The number of benzene rings is 3. The van der Waals surface area contributed by atoms with Gasteiger partial charge in [0.25, 0.3) is 5.91 Å². The second-order valence-electron chi connectivity index (χ2n) is 8.56. The van der Waals surface area contributed by atoms with Crippen molar-refractivity contribution in [3.8, 4) is 5.75 Å². The third-order valence-corrected chi connectivity index (χ3v) is 6.08. The summed E-state index contributed by atoms with van der Waals surface area (Å²) in [5.41, 5.74) is 7.05. The van der Waals surface area contributed by atoms with E-state index in [4.69, 9.17) is 10.5 Å². The second-order valence-corrected chi connectivity index (χ2v) is 9.81. The lowest BCUT2D eigenvalue weighted by Gasteiger charge is -2.25. The van der Waals surface area contributed by atoms with Gasteiger partial charge >= 0.3 is 0 Å². The number of aliphatic hydroxyl groups is 1. The molecule has 0 bridgehead atoms. The Hall–Kier alpha value is -3.09. The van der Waals surface area contributed by atoms with Crippen LogP contribution < -0.4 is 21.1 Å². The molecule has 3 rings (SSSR count). The average Bonchev–Trinajstić information content (AvgIpc) is 2.82. The van der Waals surface area contributed by atoms with Gasteiger partial charge in [0.1, 0.15) is 17.4 Å². The summed E-state index contributed by atoms with van der Waals surface area (Å²) in [6.45, 7) is 0.356. The van der Waals surface area contributed by atoms with E-state index in [0.29, 0.717) is 23.4 Å². The van der Waals surface area contributed by atoms with Crippen molar-refractivity contribution in [2.75, 3.05) is 13.2 Å². The van der Waals surface area contributed by atoms with E-state index >= 15 is 0 Å². The number of aliphatic hydroxyl groups excluding tert-OH is 1. The number of hydrogen-bond acceptors (Lipinski definition) is 5. The summed E-state index contributed by atoms with van der Waals surface area (Å²) in [4.78, 5) is 23.8. The molecule has 0 spiro atoms. The maximum atomic E-state index is 13.8. The van der Waals surface area contributed by atoms with Gasteiger partial charge < -0.3 is 26.2 Å². The van der Waals surface area contributed by atoms with Gasteiger partial charge in [0.2, 0.25) is 5.91 Å². The number of hydrogen-bond donors (Lipinski definition) is 4. The van der Waals surface area contributed by atoms with Crippen molar-refractivity contribution in [3.05, 3.63) is 98.6 Å². The molecule has 0 saturated carbocycles. The van der Waals surface area contributed by atoms with Crippen molar-refractivity contribution >= 4 is 34.4 Å². The Morgan fingerprint density at radius 1 is 0.973 bits per heavy atom. The molecule has 0 aliphatic heterocycles. The van der Waals surface area contributed by atoms with Crippen LogP contribution in [0.3, 0.4) is 0 Å². The fraction of sp³-hybridized carbons (Fsp3) is 0.259. The van der Waals surface area contributed by atoms with E-state index in [2.05, 4.69) is 33.2 Å². The Balaban J connectivity index is 1.66. The van der Waals surface area contributed by atoms with E-state index in [-0.39, 0.29) is 26.0 Å². The zero-order chi connectivity index (χ0) is 26.8. The topological polar surface area (TPSA) is 114 Å². The lowest BCUT2D eigenvalue weighted by atomic mass is 10.00. The highest BCUT2D eigenvalue weighted by Gasteiger charge is 2.22. The molecule has 10 heteroatoms. The molecular weight excluding hydrogens is 595 g/mol. The number of nitrogens with one attached hydrogen (secondary N) is 2. The van der Waals surface area contributed by atoms with E-state index in [9.17, 15) is 23.5 Å². The molecule has 3 aromatic carbocycles. The Morgan fingerprint density at radius 3 is 2.38 bits per heavy atom. The molecule has 2 atom stereocenters. The molecule has 0 aromatic heterocycles. The standard InChI is InChI=1S/C27H28F2IN3O4/c28-20-7-19(8-21(29)13-20)11-24(25(34)15-32-14-18-4-1-5-22(30)9-18)33-27(36)12-17-3-2-6-23(10-17)37-16-26(31)35/h1-10,13,24-25,32,34H,11-12,14-16H2,(H2,31,35)(H,33,36)/t24-,25-/m0/s1. The second kappa shape index (κ2) is 14.0. The molecule has 2 amide bonds. The number of rotatable bonds is 13. The summed E-state index contributed by atoms with van der Waals surface area (Å²) in [6.07, 6.45) is -1.05. The number of ether oxygens (including phenoxy) is 1. The van der Waals surface area contributed by atoms with E-state index in [1.807, 2.05) is 24.3 Å². The number of halogens is 3. The predicted molar refractivity (Wildman–Crippen MR) is 144 cm³/mol. The average molecular weight is 623 g/mol. The Morgan fingerprint density at radius 2 is 1.68 bits per heavy atom. The minimum atomic E-state index is -1.04. The van der Waals surface area contributed by atoms with Crippen LogP contribution in [-0.4, -0.2) is 42.2 Å². The van der Waals surface area contributed by atoms with Crippen molar-refractivity contribution in [2.24, 2.45) is 5.73 Å². The molecule has 5 N–H and O–H groups in total. The number of primary amides is 1. The monoisotopic (exact) mass is 623 g/mol. The quantitative estimate of drug-likeness (QED) is 0.219. The van der Waals surface area contributed by atoms with Gasteiger partial charge in [-0.15, -0.1) is 0 Å². The summed E-state index contributed by atoms with van der Waals surface area (Å²) in [5.74, 6) is -2.11. The minimum Gasteiger partial charge on any atom is -0.484 e. The molecule has 0 radical (unpaired) electrons. The molecule has 0 fully saturated rings. The highest BCUT2D eigenvalue weighted by atomic mass is 127. The van der Waals surface area contributed by atoms with Gasteiger partial charge in [0, 0.05) is 22.7 Å². The third-order valence-electron chi connectivity index (χ3n) is 5.40. The third kappa shape index (κ3) is 10.1. The number of nitrogens with two attached hydrogens (primary N) is 1. The van der Waals surface area contributed by atoms with Crippen molar-refractivity contribution in [2.45, 2.75) is 31.5 Å². The van der Waals surface area contributed by atoms with Crippen molar-refractivity contribution < 1.29 is 28.2 Å². The lowest BCUT2D eigenvalue weighted by molar-refractivity contribution is -0.122. The van der Waals surface area contributed by atoms with Gasteiger partial charge in [-0.2, -0.15) is 0 Å². The van der Waals surface area contributed by atoms with Gasteiger partial charge in [0.05, 0.1) is 18.6 Å². The zero-order valence-corrected chi connectivity index (χ0v) is 22.1. The van der Waals surface area contributed by atoms with Gasteiger partial charge in [-0.25, -0.2) is 8.78 Å². The molecule has 0 saturated heterocycles. The molecule has 0 aliphatic rings. The van der Waals surface area contributed by atoms with Crippen LogP contribution in [0.4, 0.5) is 8.78 Å². The molecule has 3 aromatic rings. The Labute approximate surface area is 227 Å². The number of amides is 2. The minimum absolute atomic E-state index is 0.0221. The smallest absolute Gasteiger partial charge is 0.255 e. The van der Waals surface area contributed by atoms with E-state index in [1.54, 1.807) is 24.3 Å². The highest BCUT2D eigenvalue weighted by molar-refractivity contribution is 14.1. The summed E-state index contributed by atoms with van der Waals surface area (Å²) in [5, 5.41) is 16.8. The first kappa shape index (κ1) is 28.5. The van der Waals surface area contributed by atoms with Crippen LogP contribution >= 0.6 is 22.6 Å². The van der Waals surface area contributed by atoms with Crippen LogP contribution in [0.1, 0.15) is 16.7 Å². The van der Waals surface area contributed by atoms with Gasteiger partial charge in [-0.1, -0.05) is 24.3 Å². The molecule has 0 aliphatic carbocycles. The van der Waals surface area contributed by atoms with Crippen molar-refractivity contribution in [1.82, 2.24) is 10.6 Å². The number of carbonyl (C=O) groups excluding carboxylic acids is 2. The summed E-state index contributed by atoms with van der Waals surface area (Å²) in [7, 11) is 0. The van der Waals surface area contributed by atoms with Crippen molar-refractivity contribution in [3.63, 3.8) is 0 Å². The van der Waals surface area contributed by atoms with Crippen LogP contribution in [0, 0.1) is 15.2 Å². The molecule has 0 heterocycles.